The molecule has 0 aromatic heterocycles. The van der Waals surface area contributed by atoms with Crippen LogP contribution in [0.4, 0.5) is 0 Å². The molecule has 1 rings (SSSR count). The first-order valence-electron chi connectivity index (χ1n) is 5.60. The number of carbonyl (C=O) groups is 1. The number of hydrogen-bond donors (Lipinski definition) is 2. The van der Waals surface area contributed by atoms with Crippen molar-refractivity contribution in [1.82, 2.24) is 5.32 Å². The third-order valence-corrected chi connectivity index (χ3v) is 4.25. The molecule has 0 aliphatic rings. The zero-order valence-electron chi connectivity index (χ0n) is 9.93. The zero-order chi connectivity index (χ0) is 12.7. The summed E-state index contributed by atoms with van der Waals surface area (Å²) in [6.45, 7) is 2.35. The van der Waals surface area contributed by atoms with E-state index in [1.165, 1.54) is 0 Å². The van der Waals surface area contributed by atoms with Crippen molar-refractivity contribution in [3.63, 3.8) is 0 Å². The van der Waals surface area contributed by atoms with Crippen molar-refractivity contribution in [2.24, 2.45) is 0 Å². The molecule has 5 heteroatoms. The maximum absolute atomic E-state index is 11.4. The van der Waals surface area contributed by atoms with E-state index >= 15 is 0 Å². The Balaban J connectivity index is 2.28. The molecule has 0 amide bonds. The van der Waals surface area contributed by atoms with Gasteiger partial charge in [0.25, 0.3) is 0 Å². The van der Waals surface area contributed by atoms with Crippen LogP contribution in [0.3, 0.4) is 0 Å². The Morgan fingerprint density at radius 3 is 2.59 bits per heavy atom. The monoisotopic (exact) mass is 255 g/mol. The molecule has 0 saturated carbocycles. The quantitative estimate of drug-likeness (QED) is 0.727. The summed E-state index contributed by atoms with van der Waals surface area (Å²) >= 11 is 0. The number of ketones is 1. The molecular weight excluding hydrogens is 237 g/mol. The van der Waals surface area contributed by atoms with Crippen molar-refractivity contribution in [2.75, 3.05) is 18.9 Å². The van der Waals surface area contributed by atoms with E-state index < -0.39 is 7.37 Å². The Bertz CT molecular complexity index is 405. The van der Waals surface area contributed by atoms with Crippen molar-refractivity contribution >= 4 is 13.2 Å². The van der Waals surface area contributed by atoms with Gasteiger partial charge in [-0.1, -0.05) is 37.3 Å². The summed E-state index contributed by atoms with van der Waals surface area (Å²) in [6, 6.07) is 9.70. The average molecular weight is 255 g/mol. The van der Waals surface area contributed by atoms with Gasteiger partial charge in [-0.3, -0.25) is 9.36 Å². The Morgan fingerprint density at radius 2 is 2.00 bits per heavy atom. The molecule has 94 valence electrons. The van der Waals surface area contributed by atoms with Crippen molar-refractivity contribution in [3.05, 3.63) is 35.9 Å². The minimum absolute atomic E-state index is 0.138. The van der Waals surface area contributed by atoms with Crippen LogP contribution in [-0.4, -0.2) is 29.5 Å². The van der Waals surface area contributed by atoms with E-state index in [1.807, 2.05) is 30.3 Å². The molecule has 17 heavy (non-hydrogen) atoms. The highest BCUT2D eigenvalue weighted by molar-refractivity contribution is 7.58. The minimum Gasteiger partial charge on any atom is -0.344 e. The number of rotatable bonds is 7. The highest BCUT2D eigenvalue weighted by Gasteiger charge is 2.19. The lowest BCUT2D eigenvalue weighted by Gasteiger charge is -2.08. The Hall–Kier alpha value is -0.960. The van der Waals surface area contributed by atoms with Crippen LogP contribution >= 0.6 is 7.37 Å². The third kappa shape index (κ3) is 5.78. The SMILES string of the molecule is CCP(=O)(O)CC(=O)CNCc1ccccc1. The number of nitrogens with one attached hydrogen (secondary N) is 1. The molecule has 1 aromatic rings. The van der Waals surface area contributed by atoms with Gasteiger partial charge in [0.2, 0.25) is 7.37 Å². The molecule has 0 aliphatic carbocycles. The normalized spacial score (nSPS) is 14.2. The first kappa shape index (κ1) is 14.1. The Morgan fingerprint density at radius 1 is 1.35 bits per heavy atom. The minimum atomic E-state index is -3.23. The van der Waals surface area contributed by atoms with Gasteiger partial charge >= 0.3 is 0 Å². The fourth-order valence-corrected chi connectivity index (χ4v) is 2.27. The van der Waals surface area contributed by atoms with Crippen molar-refractivity contribution < 1.29 is 14.3 Å². The molecule has 0 fully saturated rings. The standard InChI is InChI=1S/C12H18NO3P/c1-2-17(15,16)10-12(14)9-13-8-11-6-4-3-5-7-11/h3-7,13H,2,8-10H2,1H3,(H,15,16). The lowest BCUT2D eigenvalue weighted by molar-refractivity contribution is -0.116. The first-order valence-corrected chi connectivity index (χ1v) is 7.63. The van der Waals surface area contributed by atoms with Crippen molar-refractivity contribution in [3.8, 4) is 0 Å². The molecule has 1 unspecified atom stereocenters. The molecule has 0 spiro atoms. The van der Waals surface area contributed by atoms with Crippen LogP contribution in [-0.2, 0) is 15.9 Å². The van der Waals surface area contributed by atoms with Gasteiger partial charge in [-0.15, -0.1) is 0 Å². The summed E-state index contributed by atoms with van der Waals surface area (Å²) < 4.78 is 11.3. The maximum Gasteiger partial charge on any atom is 0.207 e. The number of hydrogen-bond acceptors (Lipinski definition) is 3. The number of Topliss-reactive ketones (excluding diaryl/α,β-unsaturated/α-hetero) is 1. The molecule has 2 N–H and O–H groups in total. The van der Waals surface area contributed by atoms with Crippen molar-refractivity contribution in [1.29, 1.82) is 0 Å². The smallest absolute Gasteiger partial charge is 0.207 e. The highest BCUT2D eigenvalue weighted by atomic mass is 31.2. The predicted molar refractivity (Wildman–Crippen MR) is 68.4 cm³/mol. The van der Waals surface area contributed by atoms with E-state index in [2.05, 4.69) is 5.32 Å². The van der Waals surface area contributed by atoms with E-state index in [1.54, 1.807) is 6.92 Å². The van der Waals surface area contributed by atoms with E-state index in [0.717, 1.165) is 5.56 Å². The second kappa shape index (κ2) is 6.70. The molecule has 1 aromatic carbocycles. The molecule has 1 atom stereocenters. The summed E-state index contributed by atoms with van der Waals surface area (Å²) in [5.74, 6) is -0.214. The largest absolute Gasteiger partial charge is 0.344 e. The van der Waals surface area contributed by atoms with Crippen LogP contribution < -0.4 is 5.32 Å². The summed E-state index contributed by atoms with van der Waals surface area (Å²) in [5.41, 5.74) is 1.09. The van der Waals surface area contributed by atoms with Gasteiger partial charge in [0.1, 0.15) is 0 Å². The molecule has 0 bridgehead atoms. The molecule has 4 nitrogen and oxygen atoms in total. The van der Waals surface area contributed by atoms with Gasteiger partial charge < -0.3 is 10.2 Å². The fraction of sp³-hybridized carbons (Fsp3) is 0.417. The lowest BCUT2D eigenvalue weighted by Crippen LogP contribution is -2.25. The number of carbonyl (C=O) groups excluding carboxylic acids is 1. The molecule has 0 saturated heterocycles. The van der Waals surface area contributed by atoms with Gasteiger partial charge in [-0.2, -0.15) is 0 Å². The molecular formula is C12H18NO3P. The Kier molecular flexibility index (Phi) is 5.56. The average Bonchev–Trinajstić information content (AvgIpc) is 2.30. The highest BCUT2D eigenvalue weighted by Crippen LogP contribution is 2.39. The van der Waals surface area contributed by atoms with E-state index in [4.69, 9.17) is 0 Å². The van der Waals surface area contributed by atoms with E-state index in [9.17, 15) is 14.3 Å². The summed E-state index contributed by atoms with van der Waals surface area (Å²) in [4.78, 5) is 20.7. The van der Waals surface area contributed by atoms with Crippen LogP contribution in [0, 0.1) is 0 Å². The number of benzene rings is 1. The van der Waals surface area contributed by atoms with Gasteiger partial charge in [0.05, 0.1) is 12.7 Å². The summed E-state index contributed by atoms with van der Waals surface area (Å²) in [7, 11) is -3.23. The predicted octanol–water partition coefficient (Wildman–Crippen LogP) is 1.64. The lowest BCUT2D eigenvalue weighted by atomic mass is 10.2. The summed E-state index contributed by atoms with van der Waals surface area (Å²) in [6.07, 6.45) is -0.0806. The Labute approximate surface area is 102 Å². The molecule has 0 radical (unpaired) electrons. The van der Waals surface area contributed by atoms with Crippen LogP contribution in [0.5, 0.6) is 0 Å². The second-order valence-electron chi connectivity index (χ2n) is 3.95. The fourth-order valence-electron chi connectivity index (χ4n) is 1.39. The summed E-state index contributed by atoms with van der Waals surface area (Å²) in [5, 5.41) is 2.97. The van der Waals surface area contributed by atoms with Crippen LogP contribution in [0.15, 0.2) is 30.3 Å². The van der Waals surface area contributed by atoms with E-state index in [-0.39, 0.29) is 24.7 Å². The van der Waals surface area contributed by atoms with Gasteiger partial charge in [-0.05, 0) is 5.56 Å². The van der Waals surface area contributed by atoms with Gasteiger partial charge in [0, 0.05) is 12.7 Å². The maximum atomic E-state index is 11.4. The molecule has 0 aliphatic heterocycles. The van der Waals surface area contributed by atoms with Gasteiger partial charge in [-0.25, -0.2) is 0 Å². The van der Waals surface area contributed by atoms with Crippen LogP contribution in [0.25, 0.3) is 0 Å². The zero-order valence-corrected chi connectivity index (χ0v) is 10.8. The second-order valence-corrected chi connectivity index (χ2v) is 6.59. The van der Waals surface area contributed by atoms with Gasteiger partial charge in [0.15, 0.2) is 5.78 Å². The van der Waals surface area contributed by atoms with Crippen LogP contribution in [0.2, 0.25) is 0 Å². The van der Waals surface area contributed by atoms with Crippen molar-refractivity contribution in [2.45, 2.75) is 13.5 Å². The third-order valence-electron chi connectivity index (χ3n) is 2.41. The van der Waals surface area contributed by atoms with E-state index in [0.29, 0.717) is 6.54 Å². The molecule has 0 heterocycles. The topological polar surface area (TPSA) is 66.4 Å². The first-order chi connectivity index (χ1) is 8.03. The van der Waals surface area contributed by atoms with Crippen LogP contribution in [0.1, 0.15) is 12.5 Å².